The lowest BCUT2D eigenvalue weighted by atomic mass is 9.90. The Morgan fingerprint density at radius 1 is 1.06 bits per heavy atom. The van der Waals surface area contributed by atoms with Crippen molar-refractivity contribution in [1.82, 2.24) is 18.8 Å². The number of rotatable bonds is 5. The number of ether oxygens (including phenoxy) is 1. The van der Waals surface area contributed by atoms with Crippen molar-refractivity contribution in [3.63, 3.8) is 0 Å². The summed E-state index contributed by atoms with van der Waals surface area (Å²) in [5.74, 6) is 0.801. The standard InChI is InChI=1S/C24H28N4O4S/c1-32-20-5-4-6-21(16-20)33(30,31)27-12-7-18(8-13-27)19-9-14-28-23(15-19)22(17-25-28)24(29)26-10-2-3-11-26/h4-6,9,14-18H,2-3,7-8,10-13H2,1H3. The Hall–Kier alpha value is -2.91. The molecular formula is C24H28N4O4S. The molecule has 2 aliphatic rings. The van der Waals surface area contributed by atoms with Gasteiger partial charge in [0.2, 0.25) is 10.0 Å². The molecule has 0 spiro atoms. The molecule has 0 aliphatic carbocycles. The smallest absolute Gasteiger partial charge is 0.257 e. The number of hydrogen-bond acceptors (Lipinski definition) is 5. The number of sulfonamides is 1. The van der Waals surface area contributed by atoms with Crippen LogP contribution >= 0.6 is 0 Å². The summed E-state index contributed by atoms with van der Waals surface area (Å²) in [6, 6.07) is 10.7. The molecule has 0 saturated carbocycles. The van der Waals surface area contributed by atoms with E-state index in [4.69, 9.17) is 4.74 Å². The van der Waals surface area contributed by atoms with Crippen LogP contribution in [0.4, 0.5) is 0 Å². The molecular weight excluding hydrogens is 440 g/mol. The second kappa shape index (κ2) is 8.79. The zero-order valence-corrected chi connectivity index (χ0v) is 19.5. The van der Waals surface area contributed by atoms with Crippen LogP contribution in [0.1, 0.15) is 47.5 Å². The van der Waals surface area contributed by atoms with E-state index in [1.807, 2.05) is 23.2 Å². The number of hydrogen-bond donors (Lipinski definition) is 0. The number of aromatic nitrogens is 2. The molecule has 1 aromatic carbocycles. The Morgan fingerprint density at radius 3 is 2.55 bits per heavy atom. The molecule has 2 aromatic heterocycles. The lowest BCUT2D eigenvalue weighted by Crippen LogP contribution is -2.37. The zero-order chi connectivity index (χ0) is 23.0. The predicted molar refractivity (Wildman–Crippen MR) is 124 cm³/mol. The van der Waals surface area contributed by atoms with E-state index in [9.17, 15) is 13.2 Å². The number of benzene rings is 1. The van der Waals surface area contributed by atoms with E-state index in [1.54, 1.807) is 39.3 Å². The van der Waals surface area contributed by atoms with Gasteiger partial charge in [0.15, 0.2) is 0 Å². The van der Waals surface area contributed by atoms with Crippen LogP contribution in [-0.2, 0) is 10.0 Å². The molecule has 1 amide bonds. The Balaban J connectivity index is 1.33. The van der Waals surface area contributed by atoms with Gasteiger partial charge in [-0.15, -0.1) is 0 Å². The molecule has 2 aliphatic heterocycles. The zero-order valence-electron chi connectivity index (χ0n) is 18.7. The molecule has 5 rings (SSSR count). The molecule has 2 fully saturated rings. The summed E-state index contributed by atoms with van der Waals surface area (Å²) in [6.45, 7) is 2.51. The van der Waals surface area contributed by atoms with Gasteiger partial charge in [-0.1, -0.05) is 6.07 Å². The third-order valence-corrected chi connectivity index (χ3v) is 8.67. The highest BCUT2D eigenvalue weighted by molar-refractivity contribution is 7.89. The fourth-order valence-corrected chi connectivity index (χ4v) is 6.35. The Morgan fingerprint density at radius 2 is 1.82 bits per heavy atom. The minimum Gasteiger partial charge on any atom is -0.497 e. The summed E-state index contributed by atoms with van der Waals surface area (Å²) in [5, 5.41) is 4.36. The van der Waals surface area contributed by atoms with Gasteiger partial charge in [0, 0.05) is 38.4 Å². The number of amides is 1. The fourth-order valence-electron chi connectivity index (χ4n) is 4.85. The summed E-state index contributed by atoms with van der Waals surface area (Å²) >= 11 is 0. The molecule has 3 aromatic rings. The molecule has 0 radical (unpaired) electrons. The van der Waals surface area contributed by atoms with E-state index < -0.39 is 10.0 Å². The van der Waals surface area contributed by atoms with Gasteiger partial charge < -0.3 is 9.64 Å². The number of pyridine rings is 1. The summed E-state index contributed by atoms with van der Waals surface area (Å²) in [5.41, 5.74) is 2.57. The highest BCUT2D eigenvalue weighted by Crippen LogP contribution is 2.32. The van der Waals surface area contributed by atoms with Crippen molar-refractivity contribution >= 4 is 21.4 Å². The van der Waals surface area contributed by atoms with Crippen molar-refractivity contribution in [2.45, 2.75) is 36.5 Å². The largest absolute Gasteiger partial charge is 0.497 e. The van der Waals surface area contributed by atoms with Crippen LogP contribution in [0, 0.1) is 0 Å². The maximum absolute atomic E-state index is 13.1. The van der Waals surface area contributed by atoms with Gasteiger partial charge in [-0.2, -0.15) is 9.40 Å². The van der Waals surface area contributed by atoms with Crippen molar-refractivity contribution in [2.75, 3.05) is 33.3 Å². The van der Waals surface area contributed by atoms with Gasteiger partial charge in [-0.3, -0.25) is 4.79 Å². The number of nitrogens with zero attached hydrogens (tertiary/aromatic N) is 4. The van der Waals surface area contributed by atoms with E-state index >= 15 is 0 Å². The number of methoxy groups -OCH3 is 1. The molecule has 2 saturated heterocycles. The van der Waals surface area contributed by atoms with Gasteiger partial charge in [0.25, 0.3) is 5.91 Å². The fraction of sp³-hybridized carbons (Fsp3) is 0.417. The van der Waals surface area contributed by atoms with Crippen molar-refractivity contribution in [3.05, 3.63) is 59.9 Å². The molecule has 8 nitrogen and oxygen atoms in total. The van der Waals surface area contributed by atoms with Crippen molar-refractivity contribution in [3.8, 4) is 5.75 Å². The van der Waals surface area contributed by atoms with Gasteiger partial charge in [-0.05, 0) is 61.4 Å². The van der Waals surface area contributed by atoms with Crippen LogP contribution in [0.15, 0.2) is 53.7 Å². The summed E-state index contributed by atoms with van der Waals surface area (Å²) < 4.78 is 34.7. The maximum Gasteiger partial charge on any atom is 0.257 e. The Labute approximate surface area is 193 Å². The number of piperidine rings is 1. The predicted octanol–water partition coefficient (Wildman–Crippen LogP) is 3.15. The normalized spacial score (nSPS) is 18.2. The van der Waals surface area contributed by atoms with Crippen LogP contribution < -0.4 is 4.74 Å². The molecule has 0 N–H and O–H groups in total. The molecule has 0 bridgehead atoms. The van der Waals surface area contributed by atoms with E-state index in [2.05, 4.69) is 5.10 Å². The molecule has 0 atom stereocenters. The number of carbonyl (C=O) groups is 1. The Kier molecular flexibility index (Phi) is 5.84. The first-order valence-corrected chi connectivity index (χ1v) is 12.8. The lowest BCUT2D eigenvalue weighted by Gasteiger charge is -2.31. The topological polar surface area (TPSA) is 84.2 Å². The first kappa shape index (κ1) is 21.9. The summed E-state index contributed by atoms with van der Waals surface area (Å²) in [6.07, 6.45) is 7.10. The van der Waals surface area contributed by atoms with Crippen LogP contribution in [0.5, 0.6) is 5.75 Å². The molecule has 4 heterocycles. The van der Waals surface area contributed by atoms with E-state index in [0.29, 0.717) is 24.4 Å². The number of likely N-dealkylation sites (tertiary alicyclic amines) is 1. The SMILES string of the molecule is COc1cccc(S(=O)(=O)N2CCC(c3ccn4ncc(C(=O)N5CCCC5)c4c3)CC2)c1. The first-order valence-electron chi connectivity index (χ1n) is 11.4. The van der Waals surface area contributed by atoms with E-state index in [-0.39, 0.29) is 16.7 Å². The third-order valence-electron chi connectivity index (χ3n) is 6.77. The van der Waals surface area contributed by atoms with Gasteiger partial charge in [0.05, 0.1) is 29.3 Å². The monoisotopic (exact) mass is 468 g/mol. The maximum atomic E-state index is 13.1. The van der Waals surface area contributed by atoms with Crippen LogP contribution in [-0.4, -0.2) is 66.4 Å². The van der Waals surface area contributed by atoms with Crippen LogP contribution in [0.2, 0.25) is 0 Å². The van der Waals surface area contributed by atoms with Gasteiger partial charge >= 0.3 is 0 Å². The van der Waals surface area contributed by atoms with Crippen molar-refractivity contribution < 1.29 is 17.9 Å². The highest BCUT2D eigenvalue weighted by Gasteiger charge is 2.31. The average molecular weight is 469 g/mol. The quantitative estimate of drug-likeness (QED) is 0.574. The summed E-state index contributed by atoms with van der Waals surface area (Å²) in [7, 11) is -2.04. The minimum absolute atomic E-state index is 0.0406. The van der Waals surface area contributed by atoms with Gasteiger partial charge in [-0.25, -0.2) is 12.9 Å². The second-order valence-corrected chi connectivity index (χ2v) is 10.6. The summed E-state index contributed by atoms with van der Waals surface area (Å²) in [4.78, 5) is 15.1. The third kappa shape index (κ3) is 4.11. The molecule has 0 unspecified atom stereocenters. The first-order chi connectivity index (χ1) is 16.0. The van der Waals surface area contributed by atoms with Crippen LogP contribution in [0.3, 0.4) is 0 Å². The Bertz CT molecular complexity index is 1270. The highest BCUT2D eigenvalue weighted by atomic mass is 32.2. The lowest BCUT2D eigenvalue weighted by molar-refractivity contribution is 0.0794. The van der Waals surface area contributed by atoms with Crippen LogP contribution in [0.25, 0.3) is 5.52 Å². The molecule has 33 heavy (non-hydrogen) atoms. The molecule has 9 heteroatoms. The minimum atomic E-state index is -3.56. The van der Waals surface area contributed by atoms with Crippen molar-refractivity contribution in [1.29, 1.82) is 0 Å². The number of fused-ring (bicyclic) bond motifs is 1. The van der Waals surface area contributed by atoms with Crippen molar-refractivity contribution in [2.24, 2.45) is 0 Å². The van der Waals surface area contributed by atoms with Gasteiger partial charge in [0.1, 0.15) is 5.75 Å². The average Bonchev–Trinajstić information content (AvgIpc) is 3.54. The van der Waals surface area contributed by atoms with E-state index in [0.717, 1.165) is 49.9 Å². The number of carbonyl (C=O) groups excluding carboxylic acids is 1. The molecule has 174 valence electrons. The van der Waals surface area contributed by atoms with E-state index in [1.165, 1.54) is 7.11 Å². The second-order valence-electron chi connectivity index (χ2n) is 8.70.